The van der Waals surface area contributed by atoms with Crippen molar-refractivity contribution >= 4 is 17.8 Å². The Balaban J connectivity index is 1.55. The zero-order valence-corrected chi connectivity index (χ0v) is 23.9. The number of hydrazine groups is 1. The maximum atomic E-state index is 14.0. The van der Waals surface area contributed by atoms with Gasteiger partial charge in [-0.1, -0.05) is 54.6 Å². The lowest BCUT2D eigenvalue weighted by Crippen LogP contribution is -2.65. The predicted octanol–water partition coefficient (Wildman–Crippen LogP) is 3.39. The molecule has 0 radical (unpaired) electrons. The molecule has 10 nitrogen and oxygen atoms in total. The maximum Gasteiger partial charge on any atom is 0.333 e. The fraction of sp³-hybridized carbons (Fsp3) is 0.323. The molecule has 41 heavy (non-hydrogen) atoms. The smallest absolute Gasteiger partial charge is 0.333 e. The lowest BCUT2D eigenvalue weighted by molar-refractivity contribution is -0.161. The summed E-state index contributed by atoms with van der Waals surface area (Å²) in [5, 5.41) is 15.7. The van der Waals surface area contributed by atoms with Crippen molar-refractivity contribution in [2.24, 2.45) is 0 Å². The topological polar surface area (TPSA) is 106 Å². The molecule has 1 aliphatic rings. The third-order valence-corrected chi connectivity index (χ3v) is 7.46. The van der Waals surface area contributed by atoms with Crippen molar-refractivity contribution in [3.8, 4) is 11.5 Å². The average molecular weight is 560 g/mol. The number of phenolic OH excluding ortho intramolecular Hbond substituents is 1. The minimum absolute atomic E-state index is 0.0622. The molecule has 3 aromatic carbocycles. The van der Waals surface area contributed by atoms with Crippen molar-refractivity contribution in [1.29, 1.82) is 0 Å². The molecule has 4 rings (SSSR count). The number of carbonyl (C=O) groups is 3. The van der Waals surface area contributed by atoms with E-state index < -0.39 is 6.04 Å². The normalized spacial score (nSPS) is 15.3. The molecular weight excluding hydrogens is 522 g/mol. The molecule has 1 saturated heterocycles. The molecule has 1 fully saturated rings. The third-order valence-electron chi connectivity index (χ3n) is 7.46. The van der Waals surface area contributed by atoms with Crippen molar-refractivity contribution in [2.45, 2.75) is 32.0 Å². The Bertz CT molecular complexity index is 1330. The van der Waals surface area contributed by atoms with E-state index in [0.29, 0.717) is 0 Å². The lowest BCUT2D eigenvalue weighted by atomic mass is 10.0. The maximum absolute atomic E-state index is 14.0. The second-order valence-electron chi connectivity index (χ2n) is 10.1. The SMILES string of the molecule is COc1ccc(CNC(=O)N2CN(C(Cc3ccc(O)cc3)C(=O)N(C)C(C)c3ccccc3)C(=O)CN2C)cc1. The Labute approximate surface area is 240 Å². The number of methoxy groups -OCH3 is 1. The highest BCUT2D eigenvalue weighted by atomic mass is 16.5. The van der Waals surface area contributed by atoms with Crippen molar-refractivity contribution < 1.29 is 24.2 Å². The van der Waals surface area contributed by atoms with Gasteiger partial charge in [-0.3, -0.25) is 9.59 Å². The van der Waals surface area contributed by atoms with E-state index in [1.165, 1.54) is 9.91 Å². The largest absolute Gasteiger partial charge is 0.508 e. The van der Waals surface area contributed by atoms with E-state index >= 15 is 0 Å². The Morgan fingerprint density at radius 3 is 2.27 bits per heavy atom. The van der Waals surface area contributed by atoms with Crippen LogP contribution >= 0.6 is 0 Å². The van der Waals surface area contributed by atoms with Crippen LogP contribution in [0.25, 0.3) is 0 Å². The number of likely N-dealkylation sites (N-methyl/N-ethyl adjacent to an activating group) is 2. The van der Waals surface area contributed by atoms with E-state index in [1.54, 1.807) is 55.4 Å². The van der Waals surface area contributed by atoms with Gasteiger partial charge in [0.1, 0.15) is 24.2 Å². The molecule has 0 spiro atoms. The molecule has 3 aromatic rings. The van der Waals surface area contributed by atoms with Crippen LogP contribution in [0.15, 0.2) is 78.9 Å². The van der Waals surface area contributed by atoms with Crippen LogP contribution in [0.1, 0.15) is 29.7 Å². The number of nitrogens with one attached hydrogen (secondary N) is 1. The van der Waals surface area contributed by atoms with Gasteiger partial charge in [-0.15, -0.1) is 0 Å². The van der Waals surface area contributed by atoms with Crippen molar-refractivity contribution in [3.63, 3.8) is 0 Å². The molecular formula is C31H37N5O5. The summed E-state index contributed by atoms with van der Waals surface area (Å²) in [6, 6.07) is 22.1. The summed E-state index contributed by atoms with van der Waals surface area (Å²) in [5.74, 6) is 0.332. The molecule has 1 aliphatic heterocycles. The standard InChI is InChI=1S/C31H37N5O5/c1-22(25-8-6-5-7-9-25)34(3)30(39)28(18-23-10-14-26(37)15-11-23)35-21-36(33(2)20-29(35)38)31(40)32-19-24-12-16-27(41-4)17-13-24/h5-17,22,28,37H,18-21H2,1-4H3,(H,32,40). The molecule has 216 valence electrons. The number of nitrogens with zero attached hydrogens (tertiary/aromatic N) is 4. The van der Waals surface area contributed by atoms with Gasteiger partial charge in [0.2, 0.25) is 11.8 Å². The summed E-state index contributed by atoms with van der Waals surface area (Å²) in [4.78, 5) is 43.8. The molecule has 0 aromatic heterocycles. The van der Waals surface area contributed by atoms with Crippen LogP contribution in [0.3, 0.4) is 0 Å². The minimum atomic E-state index is -0.867. The van der Waals surface area contributed by atoms with Gasteiger partial charge >= 0.3 is 6.03 Å². The first-order valence-corrected chi connectivity index (χ1v) is 13.5. The van der Waals surface area contributed by atoms with Crippen LogP contribution in [-0.2, 0) is 22.6 Å². The minimum Gasteiger partial charge on any atom is -0.508 e. The summed E-state index contributed by atoms with van der Waals surface area (Å²) >= 11 is 0. The van der Waals surface area contributed by atoms with Crippen LogP contribution in [0, 0.1) is 0 Å². The van der Waals surface area contributed by atoms with E-state index in [9.17, 15) is 19.5 Å². The Hall–Kier alpha value is -4.57. The van der Waals surface area contributed by atoms with Crippen LogP contribution in [0.2, 0.25) is 0 Å². The Morgan fingerprint density at radius 1 is 1.00 bits per heavy atom. The van der Waals surface area contributed by atoms with Crippen LogP contribution in [0.4, 0.5) is 4.79 Å². The molecule has 0 bridgehead atoms. The summed E-state index contributed by atoms with van der Waals surface area (Å²) in [5.41, 5.74) is 2.64. The van der Waals surface area contributed by atoms with Gasteiger partial charge in [0, 0.05) is 27.1 Å². The molecule has 2 N–H and O–H groups in total. The summed E-state index contributed by atoms with van der Waals surface area (Å²) in [6.07, 6.45) is 0.224. The fourth-order valence-corrected chi connectivity index (χ4v) is 4.77. The quantitative estimate of drug-likeness (QED) is 0.417. The van der Waals surface area contributed by atoms with Crippen LogP contribution in [-0.4, -0.2) is 83.2 Å². The number of hydrogen-bond acceptors (Lipinski definition) is 6. The van der Waals surface area contributed by atoms with Gasteiger partial charge in [0.25, 0.3) is 0 Å². The molecule has 2 atom stereocenters. The first kappa shape index (κ1) is 29.4. The predicted molar refractivity (Wildman–Crippen MR) is 155 cm³/mol. The zero-order valence-electron chi connectivity index (χ0n) is 23.9. The second kappa shape index (κ2) is 13.2. The van der Waals surface area contributed by atoms with E-state index in [-0.39, 0.29) is 55.8 Å². The van der Waals surface area contributed by atoms with Gasteiger partial charge in [-0.25, -0.2) is 14.8 Å². The Morgan fingerprint density at radius 2 is 1.63 bits per heavy atom. The number of aromatic hydroxyl groups is 1. The van der Waals surface area contributed by atoms with E-state index in [2.05, 4.69) is 5.32 Å². The number of benzene rings is 3. The molecule has 10 heteroatoms. The van der Waals surface area contributed by atoms with E-state index in [0.717, 1.165) is 22.4 Å². The summed E-state index contributed by atoms with van der Waals surface area (Å²) in [6.45, 7) is 2.07. The number of hydrogen-bond donors (Lipinski definition) is 2. The lowest BCUT2D eigenvalue weighted by Gasteiger charge is -2.44. The van der Waals surface area contributed by atoms with Crippen LogP contribution in [0.5, 0.6) is 11.5 Å². The molecule has 1 heterocycles. The number of urea groups is 1. The second-order valence-corrected chi connectivity index (χ2v) is 10.1. The van der Waals surface area contributed by atoms with Crippen molar-refractivity contribution in [3.05, 3.63) is 95.6 Å². The summed E-state index contributed by atoms with van der Waals surface area (Å²) in [7, 11) is 4.99. The van der Waals surface area contributed by atoms with Crippen LogP contribution < -0.4 is 10.1 Å². The first-order valence-electron chi connectivity index (χ1n) is 13.5. The van der Waals surface area contributed by atoms with Gasteiger partial charge < -0.3 is 25.0 Å². The van der Waals surface area contributed by atoms with Crippen molar-refractivity contribution in [1.82, 2.24) is 25.1 Å². The van der Waals surface area contributed by atoms with E-state index in [4.69, 9.17) is 4.74 Å². The number of ether oxygens (including phenoxy) is 1. The monoisotopic (exact) mass is 559 g/mol. The number of phenols is 1. The van der Waals surface area contributed by atoms with E-state index in [1.807, 2.05) is 61.5 Å². The summed E-state index contributed by atoms with van der Waals surface area (Å²) < 4.78 is 5.19. The average Bonchev–Trinajstić information content (AvgIpc) is 2.99. The number of rotatable bonds is 9. The van der Waals surface area contributed by atoms with Gasteiger partial charge in [0.05, 0.1) is 19.7 Å². The Kier molecular flexibility index (Phi) is 9.46. The first-order chi connectivity index (χ1) is 19.7. The van der Waals surface area contributed by atoms with Gasteiger partial charge in [-0.05, 0) is 47.9 Å². The van der Waals surface area contributed by atoms with Crippen molar-refractivity contribution in [2.75, 3.05) is 34.4 Å². The molecule has 0 saturated carbocycles. The molecule has 0 aliphatic carbocycles. The highest BCUT2D eigenvalue weighted by Crippen LogP contribution is 2.24. The fourth-order valence-electron chi connectivity index (χ4n) is 4.77. The number of carbonyl (C=O) groups excluding carboxylic acids is 3. The highest BCUT2D eigenvalue weighted by Gasteiger charge is 2.39. The number of amides is 4. The van der Waals surface area contributed by atoms with Gasteiger partial charge in [-0.2, -0.15) is 0 Å². The molecule has 4 amide bonds. The third kappa shape index (κ3) is 7.15. The van der Waals surface area contributed by atoms with Gasteiger partial charge in [0.15, 0.2) is 0 Å². The zero-order chi connectivity index (χ0) is 29.5. The highest BCUT2D eigenvalue weighted by molar-refractivity contribution is 5.90. The molecule has 2 unspecified atom stereocenters.